The first-order valence-corrected chi connectivity index (χ1v) is 16.8. The number of aromatic nitrogens is 3. The predicted molar refractivity (Wildman–Crippen MR) is 112 cm³/mol. The van der Waals surface area contributed by atoms with Gasteiger partial charge in [-0.05, 0) is 36.4 Å². The van der Waals surface area contributed by atoms with Crippen LogP contribution in [0.4, 0.5) is 0 Å². The molecule has 3 aromatic rings. The molecule has 0 saturated heterocycles. The summed E-state index contributed by atoms with van der Waals surface area (Å²) in [5, 5.41) is 30.3. The number of nitrogens with zero attached hydrogens (tertiary/aromatic N) is 6. The van der Waals surface area contributed by atoms with E-state index in [0.29, 0.717) is 0 Å². The minimum atomic E-state index is -2.01. The van der Waals surface area contributed by atoms with Crippen LogP contribution in [0.2, 0.25) is 0 Å². The molecule has 0 aliphatic heterocycles. The van der Waals surface area contributed by atoms with Gasteiger partial charge in [-0.15, -0.1) is 0 Å². The summed E-state index contributed by atoms with van der Waals surface area (Å²) < 4.78 is 0. The fourth-order valence-corrected chi connectivity index (χ4v) is 8.41. The first-order chi connectivity index (χ1) is 13.8. The minimum Gasteiger partial charge on any atom is -0.265 e. The molecule has 28 heavy (non-hydrogen) atoms. The molecule has 3 heterocycles. The molecule has 0 aliphatic carbocycles. The van der Waals surface area contributed by atoms with Gasteiger partial charge in [0.05, 0.1) is 0 Å². The van der Waals surface area contributed by atoms with Crippen molar-refractivity contribution in [1.82, 2.24) is 15.0 Å². The van der Waals surface area contributed by atoms with Gasteiger partial charge in [0.1, 0.15) is 0 Å². The summed E-state index contributed by atoms with van der Waals surface area (Å²) in [7, 11) is 3.30. The Morgan fingerprint density at radius 2 is 0.714 bits per heavy atom. The summed E-state index contributed by atoms with van der Waals surface area (Å²) in [5.41, 5.74) is 0. The summed E-state index contributed by atoms with van der Waals surface area (Å²) >= 11 is -2.01. The molecule has 0 saturated carbocycles. The molecule has 0 bridgehead atoms. The summed E-state index contributed by atoms with van der Waals surface area (Å²) in [5.74, 6) is 0. The van der Waals surface area contributed by atoms with Crippen LogP contribution < -0.4 is 0 Å². The molecule has 6 nitrogen and oxygen atoms in total. The van der Waals surface area contributed by atoms with E-state index in [2.05, 4.69) is 15.0 Å². The summed E-state index contributed by atoms with van der Waals surface area (Å²) in [6.07, 6.45) is 10.5. The average molecular weight is 457 g/mol. The zero-order chi connectivity index (χ0) is 20.5. The number of thiocyanates is 3. The molecule has 3 rings (SSSR count). The topological polar surface area (TPSA) is 110 Å². The predicted octanol–water partition coefficient (Wildman–Crippen LogP) is 5.24. The molecule has 10 heteroatoms. The Balaban J connectivity index is 0.000000356. The maximum atomic E-state index is 8.20. The third-order valence-electron chi connectivity index (χ3n) is 2.15. The van der Waals surface area contributed by atoms with Crippen molar-refractivity contribution in [2.24, 2.45) is 0 Å². The number of nitriles is 3. The molecule has 0 N–H and O–H groups in total. The first-order valence-electron chi connectivity index (χ1n) is 7.54. The molecule has 0 amide bonds. The largest absolute Gasteiger partial charge is 0.265 e. The van der Waals surface area contributed by atoms with Crippen LogP contribution >= 0.6 is 25.8 Å². The van der Waals surface area contributed by atoms with Crippen LogP contribution in [0, 0.1) is 32.0 Å². The van der Waals surface area contributed by atoms with Gasteiger partial charge in [-0.1, -0.05) is 18.2 Å². The standard InChI is InChI=1S/3C5H5N.3CHNS.Sc/c3*1-2-4-6-5-3-1;3*2-1-3;/h3*1-5H;3*3H;/q;;;;;;+3/p-3. The first kappa shape index (κ1) is 25.8. The summed E-state index contributed by atoms with van der Waals surface area (Å²) in [6, 6.07) is 17.1. The van der Waals surface area contributed by atoms with Gasteiger partial charge in [-0.25, -0.2) is 0 Å². The van der Waals surface area contributed by atoms with Crippen LogP contribution in [-0.4, -0.2) is 15.0 Å². The van der Waals surface area contributed by atoms with Crippen molar-refractivity contribution in [3.8, 4) is 16.2 Å². The molecular weight excluding hydrogens is 441 g/mol. The van der Waals surface area contributed by atoms with E-state index in [1.165, 1.54) is 0 Å². The quantitative estimate of drug-likeness (QED) is 0.489. The third-order valence-corrected chi connectivity index (χ3v) is 14.4. The van der Waals surface area contributed by atoms with E-state index in [9.17, 15) is 0 Å². The van der Waals surface area contributed by atoms with Crippen LogP contribution in [0.15, 0.2) is 91.8 Å². The third kappa shape index (κ3) is 20.2. The average Bonchev–Trinajstić information content (AvgIpc) is 2.79. The molecule has 0 spiro atoms. The Morgan fingerprint density at radius 3 is 0.821 bits per heavy atom. The fourth-order valence-electron chi connectivity index (χ4n) is 1.14. The molecule has 0 fully saturated rings. The SMILES string of the molecule is N#C[S][Sc]([S]C#N)[S]C#N.c1ccncc1.c1ccncc1.c1ccncc1. The maximum Gasteiger partial charge on any atom is 0.0267 e. The van der Waals surface area contributed by atoms with E-state index < -0.39 is 17.1 Å². The second kappa shape index (κ2) is 22.9. The Kier molecular flexibility index (Phi) is 21.1. The fraction of sp³-hybridized carbons (Fsp3) is 0. The Morgan fingerprint density at radius 1 is 0.464 bits per heavy atom. The van der Waals surface area contributed by atoms with Crippen LogP contribution in [0.5, 0.6) is 0 Å². The molecular formula is C18H15N6S3Sc. The van der Waals surface area contributed by atoms with Gasteiger partial charge in [0.2, 0.25) is 0 Å². The van der Waals surface area contributed by atoms with Crippen LogP contribution in [0.3, 0.4) is 0 Å². The van der Waals surface area contributed by atoms with Crippen molar-refractivity contribution >= 4 is 25.8 Å². The molecule has 138 valence electrons. The summed E-state index contributed by atoms with van der Waals surface area (Å²) in [6.45, 7) is 0. The van der Waals surface area contributed by atoms with Crippen LogP contribution in [0.25, 0.3) is 0 Å². The van der Waals surface area contributed by atoms with E-state index >= 15 is 0 Å². The molecule has 0 radical (unpaired) electrons. The molecule has 0 atom stereocenters. The number of pyridine rings is 3. The zero-order valence-corrected chi connectivity index (χ0v) is 18.9. The summed E-state index contributed by atoms with van der Waals surface area (Å²) in [4.78, 5) is 11.4. The van der Waals surface area contributed by atoms with Gasteiger partial charge >= 0.3 is 74.8 Å². The maximum absolute atomic E-state index is 8.20. The number of rotatable bonds is 3. The van der Waals surface area contributed by atoms with Gasteiger partial charge < -0.3 is 0 Å². The van der Waals surface area contributed by atoms with Gasteiger partial charge in [0.25, 0.3) is 0 Å². The molecule has 0 aliphatic rings. The van der Waals surface area contributed by atoms with Gasteiger partial charge in [0.15, 0.2) is 0 Å². The van der Waals surface area contributed by atoms with Crippen LogP contribution in [0.1, 0.15) is 0 Å². The van der Waals surface area contributed by atoms with Crippen molar-refractivity contribution in [3.63, 3.8) is 0 Å². The van der Waals surface area contributed by atoms with E-state index in [-0.39, 0.29) is 0 Å². The normalized spacial score (nSPS) is 7.61. The van der Waals surface area contributed by atoms with E-state index in [4.69, 9.17) is 15.8 Å². The number of hydrogen-bond acceptors (Lipinski definition) is 9. The van der Waals surface area contributed by atoms with Crippen molar-refractivity contribution in [2.75, 3.05) is 0 Å². The minimum absolute atomic E-state index is 1.10. The Bertz CT molecular complexity index is 615. The molecule has 0 unspecified atom stereocenters. The second-order valence-electron chi connectivity index (χ2n) is 3.99. The Hall–Kier alpha value is -2.16. The van der Waals surface area contributed by atoms with E-state index in [1.807, 2.05) is 70.8 Å². The Labute approximate surface area is 180 Å². The number of hydrogen-bond donors (Lipinski definition) is 0. The van der Waals surface area contributed by atoms with Crippen molar-refractivity contribution in [2.45, 2.75) is 0 Å². The zero-order valence-electron chi connectivity index (χ0n) is 14.6. The van der Waals surface area contributed by atoms with Crippen molar-refractivity contribution in [1.29, 1.82) is 15.8 Å². The molecule has 3 aromatic heterocycles. The van der Waals surface area contributed by atoms with Gasteiger partial charge in [-0.3, -0.25) is 15.0 Å². The smallest absolute Gasteiger partial charge is 0.0267 e. The van der Waals surface area contributed by atoms with E-state index in [0.717, 1.165) is 25.8 Å². The second-order valence-corrected chi connectivity index (χ2v) is 19.0. The van der Waals surface area contributed by atoms with Crippen molar-refractivity contribution in [3.05, 3.63) is 91.8 Å². The molecule has 0 aromatic carbocycles. The van der Waals surface area contributed by atoms with Gasteiger partial charge in [-0.2, -0.15) is 0 Å². The van der Waals surface area contributed by atoms with E-state index in [1.54, 1.807) is 37.2 Å². The van der Waals surface area contributed by atoms with Gasteiger partial charge in [0, 0.05) is 37.2 Å². The van der Waals surface area contributed by atoms with Crippen molar-refractivity contribution < 1.29 is 17.1 Å². The van der Waals surface area contributed by atoms with Crippen LogP contribution in [-0.2, 0) is 17.1 Å². The monoisotopic (exact) mass is 456 g/mol.